The lowest BCUT2D eigenvalue weighted by Gasteiger charge is -2.26. The van der Waals surface area contributed by atoms with E-state index in [0.717, 1.165) is 25.7 Å². The van der Waals surface area contributed by atoms with E-state index in [9.17, 15) is 14.3 Å². The highest BCUT2D eigenvalue weighted by Gasteiger charge is 2.28. The summed E-state index contributed by atoms with van der Waals surface area (Å²) in [6.07, 6.45) is 5.61. The third-order valence-corrected chi connectivity index (χ3v) is 3.73. The fraction of sp³-hybridized carbons (Fsp3) is 0.533. The lowest BCUT2D eigenvalue weighted by Crippen LogP contribution is -2.42. The molecule has 0 saturated heterocycles. The second-order valence-electron chi connectivity index (χ2n) is 5.30. The van der Waals surface area contributed by atoms with Crippen LogP contribution >= 0.6 is 0 Å². The molecule has 0 radical (unpaired) electrons. The summed E-state index contributed by atoms with van der Waals surface area (Å²) < 4.78 is 13.4. The molecule has 104 valence electrons. The first-order valence-electron chi connectivity index (χ1n) is 6.86. The van der Waals surface area contributed by atoms with Crippen molar-refractivity contribution >= 4 is 5.91 Å². The van der Waals surface area contributed by atoms with Crippen molar-refractivity contribution in [3.8, 4) is 0 Å². The molecule has 1 saturated carbocycles. The standard InChI is InChI=1S/C15H20FNO2/c16-13-8-4-3-7-12(13)14(18)17-11-15(19)9-5-1-2-6-10-15/h3-4,7-8,19H,1-2,5-6,9-11H2,(H,17,18). The van der Waals surface area contributed by atoms with Gasteiger partial charge in [0, 0.05) is 6.54 Å². The van der Waals surface area contributed by atoms with Gasteiger partial charge in [0.05, 0.1) is 11.2 Å². The van der Waals surface area contributed by atoms with E-state index in [0.29, 0.717) is 12.8 Å². The van der Waals surface area contributed by atoms with Gasteiger partial charge < -0.3 is 10.4 Å². The number of aliphatic hydroxyl groups is 1. The second kappa shape index (κ2) is 6.15. The summed E-state index contributed by atoms with van der Waals surface area (Å²) in [7, 11) is 0. The predicted molar refractivity (Wildman–Crippen MR) is 71.4 cm³/mol. The fourth-order valence-electron chi connectivity index (χ4n) is 2.55. The molecule has 0 spiro atoms. The number of benzene rings is 1. The van der Waals surface area contributed by atoms with Crippen molar-refractivity contribution in [2.24, 2.45) is 0 Å². The molecule has 1 aliphatic rings. The van der Waals surface area contributed by atoms with Crippen molar-refractivity contribution in [3.63, 3.8) is 0 Å². The molecule has 19 heavy (non-hydrogen) atoms. The predicted octanol–water partition coefficient (Wildman–Crippen LogP) is 2.64. The van der Waals surface area contributed by atoms with Gasteiger partial charge in [0.1, 0.15) is 5.82 Å². The molecule has 1 fully saturated rings. The maximum Gasteiger partial charge on any atom is 0.254 e. The maximum absolute atomic E-state index is 13.4. The van der Waals surface area contributed by atoms with Crippen LogP contribution in [0.1, 0.15) is 48.9 Å². The number of rotatable bonds is 3. The molecule has 0 aliphatic heterocycles. The number of nitrogens with one attached hydrogen (secondary N) is 1. The Bertz CT molecular complexity index is 440. The minimum atomic E-state index is -0.836. The van der Waals surface area contributed by atoms with Crippen LogP contribution in [0.5, 0.6) is 0 Å². The van der Waals surface area contributed by atoms with Gasteiger partial charge >= 0.3 is 0 Å². The summed E-state index contributed by atoms with van der Waals surface area (Å²) >= 11 is 0. The number of hydrogen-bond donors (Lipinski definition) is 2. The molecule has 4 heteroatoms. The van der Waals surface area contributed by atoms with Crippen LogP contribution in [0, 0.1) is 5.82 Å². The Labute approximate surface area is 112 Å². The molecule has 3 nitrogen and oxygen atoms in total. The van der Waals surface area contributed by atoms with Crippen LogP contribution < -0.4 is 5.32 Å². The van der Waals surface area contributed by atoms with Crippen molar-refractivity contribution in [2.45, 2.75) is 44.1 Å². The maximum atomic E-state index is 13.4. The SMILES string of the molecule is O=C(NCC1(O)CCCCCC1)c1ccccc1F. The second-order valence-corrected chi connectivity index (χ2v) is 5.30. The highest BCUT2D eigenvalue weighted by atomic mass is 19.1. The van der Waals surface area contributed by atoms with Crippen LogP contribution in [-0.2, 0) is 0 Å². The zero-order chi connectivity index (χ0) is 13.7. The van der Waals surface area contributed by atoms with E-state index in [1.54, 1.807) is 12.1 Å². The van der Waals surface area contributed by atoms with E-state index >= 15 is 0 Å². The number of amides is 1. The Balaban J connectivity index is 1.94. The van der Waals surface area contributed by atoms with Crippen LogP contribution in [0.2, 0.25) is 0 Å². The van der Waals surface area contributed by atoms with Gasteiger partial charge in [0.15, 0.2) is 0 Å². The molecular weight excluding hydrogens is 245 g/mol. The zero-order valence-corrected chi connectivity index (χ0v) is 11.0. The summed E-state index contributed by atoms with van der Waals surface area (Å²) in [6.45, 7) is 0.195. The first kappa shape index (κ1) is 14.0. The van der Waals surface area contributed by atoms with E-state index in [4.69, 9.17) is 0 Å². The quantitative estimate of drug-likeness (QED) is 0.825. The Morgan fingerprint density at radius 2 is 1.84 bits per heavy atom. The number of hydrogen-bond acceptors (Lipinski definition) is 2. The minimum absolute atomic E-state index is 0.0275. The van der Waals surface area contributed by atoms with E-state index in [1.807, 2.05) is 0 Å². The zero-order valence-electron chi connectivity index (χ0n) is 11.0. The van der Waals surface area contributed by atoms with E-state index in [1.165, 1.54) is 12.1 Å². The van der Waals surface area contributed by atoms with Gasteiger partial charge in [-0.05, 0) is 25.0 Å². The molecule has 0 bridgehead atoms. The van der Waals surface area contributed by atoms with Crippen LogP contribution in [0.15, 0.2) is 24.3 Å². The summed E-state index contributed by atoms with van der Waals surface area (Å²) in [6, 6.07) is 5.88. The molecule has 0 heterocycles. The number of carbonyl (C=O) groups excluding carboxylic acids is 1. The smallest absolute Gasteiger partial charge is 0.254 e. The van der Waals surface area contributed by atoms with Crippen LogP contribution in [0.25, 0.3) is 0 Å². The third kappa shape index (κ3) is 3.77. The van der Waals surface area contributed by atoms with Gasteiger partial charge in [-0.2, -0.15) is 0 Å². The largest absolute Gasteiger partial charge is 0.388 e. The fourth-order valence-corrected chi connectivity index (χ4v) is 2.55. The van der Waals surface area contributed by atoms with Crippen LogP contribution in [-0.4, -0.2) is 23.2 Å². The summed E-state index contributed by atoms with van der Waals surface area (Å²) in [5.41, 5.74) is -0.808. The van der Waals surface area contributed by atoms with E-state index < -0.39 is 17.3 Å². The normalized spacial score (nSPS) is 18.6. The molecule has 1 amide bonds. The van der Waals surface area contributed by atoms with Crippen molar-refractivity contribution in [3.05, 3.63) is 35.6 Å². The van der Waals surface area contributed by atoms with Gasteiger partial charge in [-0.25, -0.2) is 4.39 Å². The Morgan fingerprint density at radius 1 is 1.21 bits per heavy atom. The van der Waals surface area contributed by atoms with Gasteiger partial charge in [0.25, 0.3) is 5.91 Å². The lowest BCUT2D eigenvalue weighted by atomic mass is 9.94. The summed E-state index contributed by atoms with van der Waals surface area (Å²) in [4.78, 5) is 11.9. The lowest BCUT2D eigenvalue weighted by molar-refractivity contribution is 0.0246. The molecule has 1 aliphatic carbocycles. The average Bonchev–Trinajstić information content (AvgIpc) is 2.62. The first-order valence-corrected chi connectivity index (χ1v) is 6.86. The van der Waals surface area contributed by atoms with Gasteiger partial charge in [-0.1, -0.05) is 37.8 Å². The number of halogens is 1. The molecule has 1 aromatic rings. The molecular formula is C15H20FNO2. The van der Waals surface area contributed by atoms with Gasteiger partial charge in [0.2, 0.25) is 0 Å². The van der Waals surface area contributed by atoms with E-state index in [2.05, 4.69) is 5.32 Å². The number of carbonyl (C=O) groups is 1. The van der Waals surface area contributed by atoms with Crippen molar-refractivity contribution in [1.82, 2.24) is 5.32 Å². The molecule has 0 aromatic heterocycles. The van der Waals surface area contributed by atoms with Crippen molar-refractivity contribution in [2.75, 3.05) is 6.54 Å². The minimum Gasteiger partial charge on any atom is -0.388 e. The topological polar surface area (TPSA) is 49.3 Å². The molecule has 0 unspecified atom stereocenters. The van der Waals surface area contributed by atoms with Crippen molar-refractivity contribution < 1.29 is 14.3 Å². The van der Waals surface area contributed by atoms with Crippen LogP contribution in [0.4, 0.5) is 4.39 Å². The van der Waals surface area contributed by atoms with Gasteiger partial charge in [-0.15, -0.1) is 0 Å². The monoisotopic (exact) mass is 265 g/mol. The Hall–Kier alpha value is -1.42. The summed E-state index contributed by atoms with van der Waals surface area (Å²) in [5.74, 6) is -0.997. The molecule has 2 rings (SSSR count). The van der Waals surface area contributed by atoms with Gasteiger partial charge in [-0.3, -0.25) is 4.79 Å². The summed E-state index contributed by atoms with van der Waals surface area (Å²) in [5, 5.41) is 13.1. The average molecular weight is 265 g/mol. The molecule has 0 atom stereocenters. The van der Waals surface area contributed by atoms with Crippen LogP contribution in [0.3, 0.4) is 0 Å². The third-order valence-electron chi connectivity index (χ3n) is 3.73. The first-order chi connectivity index (χ1) is 9.11. The molecule has 2 N–H and O–H groups in total. The Morgan fingerprint density at radius 3 is 2.47 bits per heavy atom. The highest BCUT2D eigenvalue weighted by Crippen LogP contribution is 2.26. The highest BCUT2D eigenvalue weighted by molar-refractivity contribution is 5.94. The Kier molecular flexibility index (Phi) is 4.53. The molecule has 1 aromatic carbocycles. The van der Waals surface area contributed by atoms with Crippen molar-refractivity contribution in [1.29, 1.82) is 0 Å². The van der Waals surface area contributed by atoms with E-state index in [-0.39, 0.29) is 12.1 Å².